The lowest BCUT2D eigenvalue weighted by Gasteiger charge is -2.40. The van der Waals surface area contributed by atoms with Crippen LogP contribution in [-0.2, 0) is 26.1 Å². The highest BCUT2D eigenvalue weighted by molar-refractivity contribution is 5.91. The molecule has 40 heavy (non-hydrogen) atoms. The third kappa shape index (κ3) is 7.18. The zero-order valence-corrected chi connectivity index (χ0v) is 21.8. The van der Waals surface area contributed by atoms with Crippen molar-refractivity contribution in [3.8, 4) is 0 Å². The number of rotatable bonds is 13. The Bertz CT molecular complexity index is 1200. The topological polar surface area (TPSA) is 221 Å². The van der Waals surface area contributed by atoms with Crippen LogP contribution < -0.4 is 16.0 Å². The van der Waals surface area contributed by atoms with E-state index >= 15 is 0 Å². The number of aliphatic hydroxyl groups excluding tert-OH is 1. The summed E-state index contributed by atoms with van der Waals surface area (Å²) < 4.78 is 5.25. The first-order chi connectivity index (χ1) is 18.9. The lowest BCUT2D eigenvalue weighted by Crippen LogP contribution is -2.53. The zero-order chi connectivity index (χ0) is 29.5. The van der Waals surface area contributed by atoms with E-state index in [1.807, 2.05) is 0 Å². The van der Waals surface area contributed by atoms with Gasteiger partial charge in [0.15, 0.2) is 0 Å². The van der Waals surface area contributed by atoms with Crippen molar-refractivity contribution < 1.29 is 49.8 Å². The van der Waals surface area contributed by atoms with Gasteiger partial charge in [-0.1, -0.05) is 30.3 Å². The molecule has 0 aliphatic carbocycles. The van der Waals surface area contributed by atoms with Crippen molar-refractivity contribution in [2.75, 3.05) is 38.7 Å². The summed E-state index contributed by atoms with van der Waals surface area (Å²) in [4.78, 5) is 36.4. The molecule has 14 heteroatoms. The smallest absolute Gasteiger partial charge is 0.336 e. The van der Waals surface area contributed by atoms with Gasteiger partial charge in [-0.25, -0.2) is 9.69 Å². The molecule has 1 aliphatic rings. The standard InChI is InChI=1S/C26H34N4O10/c1-27-21(32)10-9-16(15-31)28-23(33)22-17(24(34)35)5-4-8-20(22)29-25(36,37)18-6-2-3-7-19(18)26(38,39)30-11-13-40-14-12-30/h2-8,15-16,23,28-29,33,36-39H,9-14H2,1H3,(H,27,32)(H,34,35). The van der Waals surface area contributed by atoms with Crippen LogP contribution in [0.4, 0.5) is 5.69 Å². The minimum absolute atomic E-state index is 0.00777. The fourth-order valence-electron chi connectivity index (χ4n) is 4.42. The second-order valence-electron chi connectivity index (χ2n) is 9.17. The molecule has 2 aromatic rings. The van der Waals surface area contributed by atoms with E-state index in [0.717, 1.165) is 0 Å². The van der Waals surface area contributed by atoms with Gasteiger partial charge in [-0.3, -0.25) is 10.1 Å². The molecule has 1 aliphatic heterocycles. The minimum Gasteiger partial charge on any atom is -0.478 e. The van der Waals surface area contributed by atoms with Gasteiger partial charge < -0.3 is 50.8 Å². The molecule has 2 unspecified atom stereocenters. The predicted molar refractivity (Wildman–Crippen MR) is 139 cm³/mol. The number of aldehydes is 1. The Morgan fingerprint density at radius 1 is 1.05 bits per heavy atom. The van der Waals surface area contributed by atoms with Gasteiger partial charge in [0.05, 0.1) is 24.8 Å². The van der Waals surface area contributed by atoms with E-state index in [4.69, 9.17) is 4.74 Å². The molecule has 0 spiro atoms. The average molecular weight is 563 g/mol. The number of carboxylic acids is 1. The van der Waals surface area contributed by atoms with Gasteiger partial charge in [-0.2, -0.15) is 0 Å². The lowest BCUT2D eigenvalue weighted by atomic mass is 9.98. The van der Waals surface area contributed by atoms with Crippen molar-refractivity contribution in [1.29, 1.82) is 0 Å². The molecule has 2 aromatic carbocycles. The number of hydrogen-bond acceptors (Lipinski definition) is 12. The van der Waals surface area contributed by atoms with E-state index in [0.29, 0.717) is 6.29 Å². The Morgan fingerprint density at radius 3 is 2.30 bits per heavy atom. The number of hydrogen-bond donors (Lipinski definition) is 9. The average Bonchev–Trinajstić information content (AvgIpc) is 2.94. The number of nitrogens with one attached hydrogen (secondary N) is 3. The van der Waals surface area contributed by atoms with Gasteiger partial charge in [-0.15, -0.1) is 0 Å². The first kappa shape index (κ1) is 31.1. The number of morpholine rings is 1. The number of anilines is 1. The fraction of sp³-hybridized carbons (Fsp3) is 0.423. The number of carbonyl (C=O) groups excluding carboxylic acids is 2. The van der Waals surface area contributed by atoms with Crippen LogP contribution in [0.3, 0.4) is 0 Å². The highest BCUT2D eigenvalue weighted by Crippen LogP contribution is 2.35. The maximum absolute atomic E-state index is 12.0. The number of carboxylic acid groups (broad SMARTS) is 1. The molecular formula is C26H34N4O10. The molecule has 0 radical (unpaired) electrons. The highest BCUT2D eigenvalue weighted by atomic mass is 16.5. The SMILES string of the molecule is CNC(=O)CCC(C=O)NC(O)c1c(NC(O)(O)c2ccccc2C(O)(O)N2CCOCC2)cccc1C(=O)O. The Kier molecular flexibility index (Phi) is 10.3. The Labute approximate surface area is 229 Å². The molecule has 0 bridgehead atoms. The summed E-state index contributed by atoms with van der Waals surface area (Å²) in [5, 5.41) is 72.3. The number of amides is 1. The normalized spacial score (nSPS) is 16.1. The largest absolute Gasteiger partial charge is 0.478 e. The third-order valence-electron chi connectivity index (χ3n) is 6.53. The third-order valence-corrected chi connectivity index (χ3v) is 6.53. The van der Waals surface area contributed by atoms with Gasteiger partial charge in [0.2, 0.25) is 5.91 Å². The zero-order valence-electron chi connectivity index (χ0n) is 21.8. The van der Waals surface area contributed by atoms with Crippen molar-refractivity contribution in [2.24, 2.45) is 0 Å². The summed E-state index contributed by atoms with van der Waals surface area (Å²) in [6, 6.07) is 8.12. The molecular weight excluding hydrogens is 528 g/mol. The van der Waals surface area contributed by atoms with Crippen LogP contribution in [0.5, 0.6) is 0 Å². The maximum atomic E-state index is 12.0. The van der Waals surface area contributed by atoms with E-state index in [9.17, 15) is 45.0 Å². The number of benzene rings is 2. The number of aromatic carboxylic acids is 1. The summed E-state index contributed by atoms with van der Waals surface area (Å²) in [7, 11) is 1.42. The van der Waals surface area contributed by atoms with Gasteiger partial charge >= 0.3 is 5.97 Å². The van der Waals surface area contributed by atoms with E-state index in [2.05, 4.69) is 16.0 Å². The second kappa shape index (κ2) is 13.3. The molecule has 0 saturated carbocycles. The second-order valence-corrected chi connectivity index (χ2v) is 9.17. The first-order valence-corrected chi connectivity index (χ1v) is 12.5. The van der Waals surface area contributed by atoms with E-state index < -0.39 is 35.6 Å². The maximum Gasteiger partial charge on any atom is 0.336 e. The fourth-order valence-corrected chi connectivity index (χ4v) is 4.42. The van der Waals surface area contributed by atoms with Crippen LogP contribution in [0.1, 0.15) is 46.1 Å². The summed E-state index contributed by atoms with van der Waals surface area (Å²) in [5.74, 6) is -7.42. The van der Waals surface area contributed by atoms with Crippen molar-refractivity contribution in [1.82, 2.24) is 15.5 Å². The number of carbonyl (C=O) groups is 3. The summed E-state index contributed by atoms with van der Waals surface area (Å²) in [6.45, 7) is 0.764. The van der Waals surface area contributed by atoms with Gasteiger partial charge in [0.1, 0.15) is 12.5 Å². The van der Waals surface area contributed by atoms with Crippen LogP contribution >= 0.6 is 0 Å². The van der Waals surface area contributed by atoms with Crippen LogP contribution in [0.2, 0.25) is 0 Å². The molecule has 1 saturated heterocycles. The molecule has 1 fully saturated rings. The summed E-state index contributed by atoms with van der Waals surface area (Å²) in [5.41, 5.74) is -1.63. The number of ether oxygens (including phenoxy) is 1. The Morgan fingerprint density at radius 2 is 1.70 bits per heavy atom. The molecule has 9 N–H and O–H groups in total. The van der Waals surface area contributed by atoms with Gasteiger partial charge in [-0.05, 0) is 18.6 Å². The first-order valence-electron chi connectivity index (χ1n) is 12.5. The van der Waals surface area contributed by atoms with Gasteiger partial charge in [0.25, 0.3) is 11.8 Å². The van der Waals surface area contributed by atoms with E-state index in [1.54, 1.807) is 0 Å². The van der Waals surface area contributed by atoms with E-state index in [1.165, 1.54) is 54.4 Å². The molecule has 1 heterocycles. The quantitative estimate of drug-likeness (QED) is 0.102. The molecule has 1 amide bonds. The Hall–Kier alpha value is -3.47. The van der Waals surface area contributed by atoms with Crippen LogP contribution in [0.25, 0.3) is 0 Å². The summed E-state index contributed by atoms with van der Waals surface area (Å²) in [6.07, 6.45) is -1.41. The van der Waals surface area contributed by atoms with Crippen LogP contribution in [-0.4, -0.2) is 93.1 Å². The predicted octanol–water partition coefficient (Wildman–Crippen LogP) is -1.31. The monoisotopic (exact) mass is 562 g/mol. The van der Waals surface area contributed by atoms with Crippen molar-refractivity contribution in [3.63, 3.8) is 0 Å². The van der Waals surface area contributed by atoms with Crippen molar-refractivity contribution in [3.05, 3.63) is 64.7 Å². The molecule has 3 rings (SSSR count). The Balaban J connectivity index is 1.97. The molecule has 0 aromatic heterocycles. The van der Waals surface area contributed by atoms with E-state index in [-0.39, 0.29) is 67.4 Å². The number of aliphatic hydroxyl groups is 5. The molecule has 14 nitrogen and oxygen atoms in total. The summed E-state index contributed by atoms with van der Waals surface area (Å²) >= 11 is 0. The van der Waals surface area contributed by atoms with Crippen molar-refractivity contribution >= 4 is 23.9 Å². The van der Waals surface area contributed by atoms with Crippen LogP contribution in [0, 0.1) is 0 Å². The van der Waals surface area contributed by atoms with Crippen LogP contribution in [0.15, 0.2) is 42.5 Å². The molecule has 2 atom stereocenters. The molecule has 218 valence electrons. The van der Waals surface area contributed by atoms with Gasteiger partial charge in [0, 0.05) is 48.9 Å². The minimum atomic E-state index is -3.01. The number of nitrogens with zero attached hydrogens (tertiary/aromatic N) is 1. The van der Waals surface area contributed by atoms with Crippen molar-refractivity contribution in [2.45, 2.75) is 36.9 Å². The highest BCUT2D eigenvalue weighted by Gasteiger charge is 2.42. The lowest BCUT2D eigenvalue weighted by molar-refractivity contribution is -0.289.